The summed E-state index contributed by atoms with van der Waals surface area (Å²) in [6, 6.07) is 9.99. The van der Waals surface area contributed by atoms with Gasteiger partial charge in [0.15, 0.2) is 12.4 Å². The molecule has 2 aromatic carbocycles. The van der Waals surface area contributed by atoms with Gasteiger partial charge in [-0.1, -0.05) is 12.6 Å². The zero-order valence-corrected chi connectivity index (χ0v) is 13.4. The first-order chi connectivity index (χ1) is 11.9. The summed E-state index contributed by atoms with van der Waals surface area (Å²) in [5, 5.41) is 11.0. The molecule has 0 unspecified atom stereocenters. The van der Waals surface area contributed by atoms with E-state index in [4.69, 9.17) is 4.74 Å². The lowest BCUT2D eigenvalue weighted by Gasteiger charge is -2.12. The number of hydrogen-bond donors (Lipinski definition) is 2. The van der Waals surface area contributed by atoms with Gasteiger partial charge in [-0.2, -0.15) is 0 Å². The number of nitrogens with one attached hydrogen (secondary N) is 2. The van der Waals surface area contributed by atoms with Gasteiger partial charge < -0.3 is 4.74 Å². The first-order valence-corrected chi connectivity index (χ1v) is 7.24. The number of hydrogen-bond acceptors (Lipinski definition) is 5. The third-order valence-corrected chi connectivity index (χ3v) is 3.22. The Morgan fingerprint density at radius 2 is 1.92 bits per heavy atom. The van der Waals surface area contributed by atoms with E-state index in [2.05, 4.69) is 17.4 Å². The van der Waals surface area contributed by atoms with Crippen LogP contribution in [0.2, 0.25) is 0 Å². The number of nitro groups is 1. The Morgan fingerprint density at radius 3 is 2.56 bits per heavy atom. The van der Waals surface area contributed by atoms with E-state index in [0.717, 1.165) is 0 Å². The van der Waals surface area contributed by atoms with Gasteiger partial charge in [0.2, 0.25) is 0 Å². The van der Waals surface area contributed by atoms with Crippen LogP contribution in [-0.2, 0) is 4.79 Å². The maximum absolute atomic E-state index is 12.9. The number of carbonyl (C=O) groups is 1. The second-order valence-electron chi connectivity index (χ2n) is 5.18. The number of benzene rings is 2. The van der Waals surface area contributed by atoms with Crippen molar-refractivity contribution in [1.29, 1.82) is 0 Å². The van der Waals surface area contributed by atoms with Crippen LogP contribution in [-0.4, -0.2) is 17.4 Å². The minimum atomic E-state index is -0.575. The molecule has 0 spiro atoms. The predicted molar refractivity (Wildman–Crippen MR) is 90.0 cm³/mol. The molecule has 8 heteroatoms. The quantitative estimate of drug-likeness (QED) is 0.594. The van der Waals surface area contributed by atoms with Crippen LogP contribution < -0.4 is 15.6 Å². The number of nitro benzene ring substituents is 1. The molecule has 2 N–H and O–H groups in total. The monoisotopic (exact) mass is 345 g/mol. The molecule has 0 bridgehead atoms. The van der Waals surface area contributed by atoms with E-state index in [0.29, 0.717) is 16.8 Å². The molecule has 1 amide bonds. The van der Waals surface area contributed by atoms with Gasteiger partial charge in [-0.25, -0.2) is 4.39 Å². The van der Waals surface area contributed by atoms with Gasteiger partial charge in [0.25, 0.3) is 5.91 Å². The number of hydrazine groups is 1. The van der Waals surface area contributed by atoms with Crippen LogP contribution in [0.15, 0.2) is 49.0 Å². The summed E-state index contributed by atoms with van der Waals surface area (Å²) >= 11 is 0. The molecule has 0 aliphatic carbocycles. The Hall–Kier alpha value is -3.42. The van der Waals surface area contributed by atoms with Crippen LogP contribution in [0, 0.1) is 22.9 Å². The number of ether oxygens (including phenoxy) is 1. The number of halogens is 1. The van der Waals surface area contributed by atoms with E-state index in [1.807, 2.05) is 0 Å². The Kier molecular flexibility index (Phi) is 5.67. The van der Waals surface area contributed by atoms with E-state index in [-0.39, 0.29) is 17.3 Å². The highest BCUT2D eigenvalue weighted by molar-refractivity contribution is 5.78. The fourth-order valence-electron chi connectivity index (χ4n) is 1.94. The van der Waals surface area contributed by atoms with Gasteiger partial charge in [0.05, 0.1) is 10.6 Å². The predicted octanol–water partition coefficient (Wildman–Crippen LogP) is 2.71. The zero-order valence-electron chi connectivity index (χ0n) is 13.4. The van der Waals surface area contributed by atoms with Crippen LogP contribution in [0.5, 0.6) is 5.75 Å². The topological polar surface area (TPSA) is 93.5 Å². The molecule has 2 aromatic rings. The SMILES string of the molecule is C=C(NNC(=O)COc1ccc(C)cc1[N+](=O)[O-])c1ccc(F)cc1. The van der Waals surface area contributed by atoms with Gasteiger partial charge in [-0.05, 0) is 48.4 Å². The Balaban J connectivity index is 1.88. The van der Waals surface area contributed by atoms with Crippen LogP contribution in [0.3, 0.4) is 0 Å². The molecule has 0 fully saturated rings. The molecule has 25 heavy (non-hydrogen) atoms. The lowest BCUT2D eigenvalue weighted by molar-refractivity contribution is -0.385. The van der Waals surface area contributed by atoms with Crippen molar-refractivity contribution in [2.24, 2.45) is 0 Å². The van der Waals surface area contributed by atoms with Crippen molar-refractivity contribution < 1.29 is 18.8 Å². The molecule has 0 atom stereocenters. The average Bonchev–Trinajstić information content (AvgIpc) is 2.59. The van der Waals surface area contributed by atoms with Gasteiger partial charge >= 0.3 is 5.69 Å². The summed E-state index contributed by atoms with van der Waals surface area (Å²) in [6.45, 7) is 5.01. The van der Waals surface area contributed by atoms with E-state index >= 15 is 0 Å². The number of amides is 1. The van der Waals surface area contributed by atoms with Crippen molar-refractivity contribution >= 4 is 17.3 Å². The van der Waals surface area contributed by atoms with E-state index < -0.39 is 17.4 Å². The molecular weight excluding hydrogens is 329 g/mol. The van der Waals surface area contributed by atoms with Crippen molar-refractivity contribution in [3.63, 3.8) is 0 Å². The van der Waals surface area contributed by atoms with Crippen LogP contribution in [0.25, 0.3) is 5.70 Å². The first-order valence-electron chi connectivity index (χ1n) is 7.24. The summed E-state index contributed by atoms with van der Waals surface area (Å²) in [5.41, 5.74) is 6.37. The molecule has 0 aliphatic heterocycles. The second kappa shape index (κ2) is 7.91. The van der Waals surface area contributed by atoms with Crippen molar-refractivity contribution in [3.05, 3.63) is 76.1 Å². The van der Waals surface area contributed by atoms with Crippen molar-refractivity contribution in [1.82, 2.24) is 10.9 Å². The molecule has 0 aromatic heterocycles. The summed E-state index contributed by atoms with van der Waals surface area (Å²) in [6.07, 6.45) is 0. The Morgan fingerprint density at radius 1 is 1.24 bits per heavy atom. The van der Waals surface area contributed by atoms with E-state index in [1.165, 1.54) is 36.4 Å². The molecule has 7 nitrogen and oxygen atoms in total. The van der Waals surface area contributed by atoms with Crippen molar-refractivity contribution in [3.8, 4) is 5.75 Å². The maximum atomic E-state index is 12.9. The molecule has 0 saturated heterocycles. The molecule has 2 rings (SSSR count). The summed E-state index contributed by atoms with van der Waals surface area (Å²) < 4.78 is 18.1. The lowest BCUT2D eigenvalue weighted by atomic mass is 10.2. The number of carbonyl (C=O) groups excluding carboxylic acids is 1. The smallest absolute Gasteiger partial charge is 0.311 e. The number of nitrogens with zero attached hydrogens (tertiary/aromatic N) is 1. The first kappa shape index (κ1) is 17.9. The Bertz CT molecular complexity index is 806. The molecule has 0 aliphatic rings. The van der Waals surface area contributed by atoms with E-state index in [9.17, 15) is 19.3 Å². The van der Waals surface area contributed by atoms with E-state index in [1.54, 1.807) is 13.0 Å². The fourth-order valence-corrected chi connectivity index (χ4v) is 1.94. The average molecular weight is 345 g/mol. The second-order valence-corrected chi connectivity index (χ2v) is 5.18. The van der Waals surface area contributed by atoms with Gasteiger partial charge in [-0.3, -0.25) is 25.8 Å². The zero-order chi connectivity index (χ0) is 18.4. The van der Waals surface area contributed by atoms with Crippen LogP contribution in [0.1, 0.15) is 11.1 Å². The molecule has 130 valence electrons. The highest BCUT2D eigenvalue weighted by atomic mass is 19.1. The number of aryl methyl sites for hydroxylation is 1. The third kappa shape index (κ3) is 5.03. The largest absolute Gasteiger partial charge is 0.477 e. The van der Waals surface area contributed by atoms with Crippen molar-refractivity contribution in [2.75, 3.05) is 6.61 Å². The minimum absolute atomic E-state index is 0.00288. The van der Waals surface area contributed by atoms with Crippen LogP contribution in [0.4, 0.5) is 10.1 Å². The third-order valence-electron chi connectivity index (χ3n) is 3.22. The van der Waals surface area contributed by atoms with Crippen LogP contribution >= 0.6 is 0 Å². The molecular formula is C17H16FN3O4. The maximum Gasteiger partial charge on any atom is 0.311 e. The summed E-state index contributed by atoms with van der Waals surface area (Å²) in [4.78, 5) is 22.2. The highest BCUT2D eigenvalue weighted by Crippen LogP contribution is 2.27. The number of rotatable bonds is 7. The van der Waals surface area contributed by atoms with Gasteiger partial charge in [0.1, 0.15) is 5.82 Å². The van der Waals surface area contributed by atoms with Gasteiger partial charge in [-0.15, -0.1) is 0 Å². The molecule has 0 saturated carbocycles. The molecule has 0 heterocycles. The van der Waals surface area contributed by atoms with Crippen molar-refractivity contribution in [2.45, 2.75) is 6.92 Å². The highest BCUT2D eigenvalue weighted by Gasteiger charge is 2.16. The summed E-state index contributed by atoms with van der Waals surface area (Å²) in [5.74, 6) is -0.935. The standard InChI is InChI=1S/C17H16FN3O4/c1-11-3-8-16(15(9-11)21(23)24)25-10-17(22)20-19-12(2)13-4-6-14(18)7-5-13/h3-9,19H,2,10H2,1H3,(H,20,22). The fraction of sp³-hybridized carbons (Fsp3) is 0.118. The van der Waals surface area contributed by atoms with Gasteiger partial charge in [0, 0.05) is 6.07 Å². The normalized spacial score (nSPS) is 10.0. The molecule has 0 radical (unpaired) electrons. The Labute approximate surface area is 143 Å². The lowest BCUT2D eigenvalue weighted by Crippen LogP contribution is -2.39. The summed E-state index contributed by atoms with van der Waals surface area (Å²) in [7, 11) is 0. The minimum Gasteiger partial charge on any atom is -0.477 e.